The van der Waals surface area contributed by atoms with E-state index in [1.165, 1.54) is 32.1 Å². The molecule has 2 aliphatic rings. The number of carbonyl (C=O) groups is 1. The van der Waals surface area contributed by atoms with Crippen LogP contribution in [0.4, 0.5) is 0 Å². The first-order valence-electron chi connectivity index (χ1n) is 8.45. The molecule has 1 aliphatic carbocycles. The molecule has 0 bridgehead atoms. The summed E-state index contributed by atoms with van der Waals surface area (Å²) in [6.45, 7) is 9.95. The highest BCUT2D eigenvalue weighted by Gasteiger charge is 2.39. The molecule has 21 heavy (non-hydrogen) atoms. The predicted molar refractivity (Wildman–Crippen MR) is 85.5 cm³/mol. The van der Waals surface area contributed by atoms with Gasteiger partial charge in [-0.2, -0.15) is 0 Å². The molecule has 1 atom stereocenters. The normalized spacial score (nSPS) is 24.1. The van der Waals surface area contributed by atoms with Gasteiger partial charge < -0.3 is 9.64 Å². The Kier molecular flexibility index (Phi) is 5.28. The van der Waals surface area contributed by atoms with Crippen molar-refractivity contribution < 1.29 is 9.53 Å². The molecule has 120 valence electrons. The lowest BCUT2D eigenvalue weighted by atomic mass is 9.87. The zero-order valence-corrected chi connectivity index (χ0v) is 14.0. The average molecular weight is 294 g/mol. The Morgan fingerprint density at radius 3 is 2.52 bits per heavy atom. The maximum Gasteiger partial charge on any atom is 0.373 e. The summed E-state index contributed by atoms with van der Waals surface area (Å²) in [4.78, 5) is 19.3. The summed E-state index contributed by atoms with van der Waals surface area (Å²) in [5.74, 6) is 0.351. The van der Waals surface area contributed by atoms with E-state index in [4.69, 9.17) is 9.73 Å². The molecule has 0 unspecified atom stereocenters. The fraction of sp³-hybridized carbons (Fsp3) is 0.882. The summed E-state index contributed by atoms with van der Waals surface area (Å²) in [6, 6.07) is 0.655. The van der Waals surface area contributed by atoms with Crippen molar-refractivity contribution in [2.24, 2.45) is 10.4 Å². The van der Waals surface area contributed by atoms with Gasteiger partial charge in [-0.25, -0.2) is 4.79 Å². The molecule has 2 rings (SSSR count). The third-order valence-electron chi connectivity index (χ3n) is 4.55. The van der Waals surface area contributed by atoms with Crippen LogP contribution in [-0.4, -0.2) is 41.9 Å². The Balaban J connectivity index is 2.13. The molecule has 0 amide bonds. The van der Waals surface area contributed by atoms with Crippen LogP contribution >= 0.6 is 0 Å². The Labute approximate surface area is 128 Å². The fourth-order valence-electron chi connectivity index (χ4n) is 3.15. The second-order valence-electron chi connectivity index (χ2n) is 7.41. The summed E-state index contributed by atoms with van der Waals surface area (Å²) in [5, 5.41) is 0. The van der Waals surface area contributed by atoms with Crippen molar-refractivity contribution in [3.63, 3.8) is 0 Å². The molecule has 1 aliphatic heterocycles. The first-order chi connectivity index (χ1) is 9.93. The standard InChI is InChI=1S/C17H30N2O2/c1-5-11-21-16(20)15-18-14(17(2,3)4)12-19(15)13-9-7-6-8-10-13/h13-14H,5-12H2,1-4H3/t14-/m1/s1. The number of nitrogens with zero attached hydrogens (tertiary/aromatic N) is 2. The van der Waals surface area contributed by atoms with E-state index in [1.54, 1.807) is 0 Å². The molecular weight excluding hydrogens is 264 g/mol. The van der Waals surface area contributed by atoms with Gasteiger partial charge >= 0.3 is 5.97 Å². The SMILES string of the molecule is CCCOC(=O)C1=N[C@@H](C(C)(C)C)CN1C1CCCCC1. The van der Waals surface area contributed by atoms with Crippen LogP contribution in [0.2, 0.25) is 0 Å². The molecule has 0 saturated heterocycles. The lowest BCUT2D eigenvalue weighted by molar-refractivity contribution is -0.136. The summed E-state index contributed by atoms with van der Waals surface area (Å²) in [7, 11) is 0. The van der Waals surface area contributed by atoms with Gasteiger partial charge in [0.25, 0.3) is 0 Å². The number of hydrogen-bond acceptors (Lipinski definition) is 4. The van der Waals surface area contributed by atoms with Gasteiger partial charge in [0.1, 0.15) is 0 Å². The van der Waals surface area contributed by atoms with E-state index in [0.29, 0.717) is 18.5 Å². The number of carbonyl (C=O) groups excluding carboxylic acids is 1. The molecular formula is C17H30N2O2. The third-order valence-corrected chi connectivity index (χ3v) is 4.55. The third kappa shape index (κ3) is 3.98. The van der Waals surface area contributed by atoms with Crippen LogP contribution < -0.4 is 0 Å². The number of ether oxygens (including phenoxy) is 1. The van der Waals surface area contributed by atoms with Gasteiger partial charge in [-0.15, -0.1) is 0 Å². The van der Waals surface area contributed by atoms with Gasteiger partial charge in [-0.3, -0.25) is 4.99 Å². The van der Waals surface area contributed by atoms with Crippen LogP contribution in [0, 0.1) is 5.41 Å². The minimum Gasteiger partial charge on any atom is -0.460 e. The minimum absolute atomic E-state index is 0.0830. The highest BCUT2D eigenvalue weighted by Crippen LogP contribution is 2.32. The maximum absolute atomic E-state index is 12.3. The molecule has 1 heterocycles. The molecule has 4 nitrogen and oxygen atoms in total. The van der Waals surface area contributed by atoms with Crippen LogP contribution in [0.5, 0.6) is 0 Å². The lowest BCUT2D eigenvalue weighted by Gasteiger charge is -2.34. The Bertz CT molecular complexity index is 392. The second-order valence-corrected chi connectivity index (χ2v) is 7.41. The Morgan fingerprint density at radius 1 is 1.29 bits per heavy atom. The van der Waals surface area contributed by atoms with E-state index in [2.05, 4.69) is 25.7 Å². The van der Waals surface area contributed by atoms with Crippen molar-refractivity contribution >= 4 is 11.8 Å². The zero-order valence-electron chi connectivity index (χ0n) is 14.0. The van der Waals surface area contributed by atoms with E-state index < -0.39 is 0 Å². The number of amidine groups is 1. The summed E-state index contributed by atoms with van der Waals surface area (Å²) in [6.07, 6.45) is 7.05. The van der Waals surface area contributed by atoms with Gasteiger partial charge in [-0.1, -0.05) is 47.0 Å². The molecule has 0 aromatic rings. The van der Waals surface area contributed by atoms with E-state index in [-0.39, 0.29) is 17.4 Å². The van der Waals surface area contributed by atoms with Crippen LogP contribution in [-0.2, 0) is 9.53 Å². The average Bonchev–Trinajstić information content (AvgIpc) is 2.91. The van der Waals surface area contributed by atoms with E-state index in [9.17, 15) is 4.79 Å². The fourth-order valence-corrected chi connectivity index (χ4v) is 3.15. The molecule has 1 saturated carbocycles. The molecule has 0 aromatic heterocycles. The van der Waals surface area contributed by atoms with Crippen molar-refractivity contribution in [3.05, 3.63) is 0 Å². The van der Waals surface area contributed by atoms with E-state index in [0.717, 1.165) is 13.0 Å². The second kappa shape index (κ2) is 6.80. The van der Waals surface area contributed by atoms with Crippen molar-refractivity contribution in [1.29, 1.82) is 0 Å². The molecule has 1 fully saturated rings. The van der Waals surface area contributed by atoms with Crippen molar-refractivity contribution in [2.75, 3.05) is 13.2 Å². The van der Waals surface area contributed by atoms with Gasteiger partial charge in [0.15, 0.2) is 0 Å². The van der Waals surface area contributed by atoms with E-state index in [1.807, 2.05) is 6.92 Å². The van der Waals surface area contributed by atoms with Crippen LogP contribution in [0.1, 0.15) is 66.2 Å². The van der Waals surface area contributed by atoms with Crippen molar-refractivity contribution in [3.8, 4) is 0 Å². The molecule has 0 spiro atoms. The monoisotopic (exact) mass is 294 g/mol. The topological polar surface area (TPSA) is 41.9 Å². The largest absolute Gasteiger partial charge is 0.460 e. The number of esters is 1. The first-order valence-corrected chi connectivity index (χ1v) is 8.45. The van der Waals surface area contributed by atoms with E-state index >= 15 is 0 Å². The van der Waals surface area contributed by atoms with Gasteiger partial charge in [0.2, 0.25) is 5.84 Å². The highest BCUT2D eigenvalue weighted by molar-refractivity contribution is 6.35. The quantitative estimate of drug-likeness (QED) is 0.746. The van der Waals surface area contributed by atoms with Gasteiger partial charge in [-0.05, 0) is 24.7 Å². The number of hydrogen-bond donors (Lipinski definition) is 0. The molecule has 4 heteroatoms. The minimum atomic E-state index is -0.228. The Morgan fingerprint density at radius 2 is 1.95 bits per heavy atom. The van der Waals surface area contributed by atoms with Crippen LogP contribution in [0.3, 0.4) is 0 Å². The van der Waals surface area contributed by atoms with Crippen molar-refractivity contribution in [1.82, 2.24) is 4.90 Å². The number of rotatable bonds is 4. The van der Waals surface area contributed by atoms with Crippen LogP contribution in [0.25, 0.3) is 0 Å². The summed E-state index contributed by atoms with van der Waals surface area (Å²) >= 11 is 0. The molecule has 0 radical (unpaired) electrons. The number of aliphatic imine (C=N–C) groups is 1. The van der Waals surface area contributed by atoms with Crippen LogP contribution in [0.15, 0.2) is 4.99 Å². The Hall–Kier alpha value is -1.06. The molecule has 0 aromatic carbocycles. The lowest BCUT2D eigenvalue weighted by Crippen LogP contribution is -2.44. The first kappa shape index (κ1) is 16.3. The smallest absolute Gasteiger partial charge is 0.373 e. The van der Waals surface area contributed by atoms with Gasteiger partial charge in [0.05, 0.1) is 12.6 Å². The van der Waals surface area contributed by atoms with Crippen molar-refractivity contribution in [2.45, 2.75) is 78.3 Å². The molecule has 0 N–H and O–H groups in total. The summed E-state index contributed by atoms with van der Waals surface area (Å²) < 4.78 is 5.35. The predicted octanol–water partition coefficient (Wildman–Crippen LogP) is 3.40. The summed E-state index contributed by atoms with van der Waals surface area (Å²) in [5.41, 5.74) is 0.0830. The van der Waals surface area contributed by atoms with Gasteiger partial charge in [0, 0.05) is 12.6 Å². The maximum atomic E-state index is 12.3. The zero-order chi connectivity index (χ0) is 15.5. The highest BCUT2D eigenvalue weighted by atomic mass is 16.5.